The van der Waals surface area contributed by atoms with Crippen LogP contribution in [0, 0.1) is 0 Å². The minimum Gasteiger partial charge on any atom is -0.382 e. The molecule has 9 heteroatoms. The van der Waals surface area contributed by atoms with Crippen molar-refractivity contribution in [1.29, 1.82) is 0 Å². The molecule has 0 saturated carbocycles. The van der Waals surface area contributed by atoms with Crippen molar-refractivity contribution in [2.24, 2.45) is 0 Å². The first-order chi connectivity index (χ1) is 13.7. The number of methoxy groups -OCH3 is 1. The van der Waals surface area contributed by atoms with Crippen LogP contribution >= 0.6 is 0 Å². The summed E-state index contributed by atoms with van der Waals surface area (Å²) in [5.74, 6) is -0.963. The Balaban J connectivity index is 1.90. The Morgan fingerprint density at radius 1 is 1.24 bits per heavy atom. The van der Waals surface area contributed by atoms with Gasteiger partial charge >= 0.3 is 6.18 Å². The van der Waals surface area contributed by atoms with Gasteiger partial charge in [-0.15, -0.1) is 0 Å². The SMILES string of the molecule is COCC(NC(=O)c1cc2c([nH]c1=O)CCCC2=O)c1cccc(C(F)(F)F)c1. The maximum atomic E-state index is 13.0. The first kappa shape index (κ1) is 20.8. The van der Waals surface area contributed by atoms with Crippen molar-refractivity contribution in [1.82, 2.24) is 10.3 Å². The van der Waals surface area contributed by atoms with Gasteiger partial charge in [0.15, 0.2) is 5.78 Å². The van der Waals surface area contributed by atoms with Crippen LogP contribution in [0.5, 0.6) is 0 Å². The van der Waals surface area contributed by atoms with E-state index in [-0.39, 0.29) is 23.5 Å². The monoisotopic (exact) mass is 408 g/mol. The summed E-state index contributed by atoms with van der Waals surface area (Å²) in [5.41, 5.74) is -0.816. The fourth-order valence-corrected chi connectivity index (χ4v) is 3.30. The molecule has 0 saturated heterocycles. The molecular weight excluding hydrogens is 389 g/mol. The average molecular weight is 408 g/mol. The Kier molecular flexibility index (Phi) is 5.88. The fraction of sp³-hybridized carbons (Fsp3) is 0.350. The highest BCUT2D eigenvalue weighted by Gasteiger charge is 2.31. The van der Waals surface area contributed by atoms with E-state index in [9.17, 15) is 27.6 Å². The predicted molar refractivity (Wildman–Crippen MR) is 97.9 cm³/mol. The number of H-pyrrole nitrogens is 1. The van der Waals surface area contributed by atoms with Gasteiger partial charge in [-0.2, -0.15) is 13.2 Å². The summed E-state index contributed by atoms with van der Waals surface area (Å²) in [4.78, 5) is 39.6. The molecule has 1 aliphatic carbocycles. The molecule has 29 heavy (non-hydrogen) atoms. The topological polar surface area (TPSA) is 88.3 Å². The molecule has 1 amide bonds. The number of rotatable bonds is 5. The van der Waals surface area contributed by atoms with E-state index >= 15 is 0 Å². The number of fused-ring (bicyclic) bond motifs is 1. The number of benzene rings is 1. The number of hydrogen-bond donors (Lipinski definition) is 2. The van der Waals surface area contributed by atoms with Crippen molar-refractivity contribution in [3.63, 3.8) is 0 Å². The molecular formula is C20H19F3N2O4. The number of nitrogens with one attached hydrogen (secondary N) is 2. The van der Waals surface area contributed by atoms with Gasteiger partial charge in [-0.3, -0.25) is 14.4 Å². The molecule has 154 valence electrons. The van der Waals surface area contributed by atoms with Gasteiger partial charge in [0, 0.05) is 24.8 Å². The molecule has 0 bridgehead atoms. The van der Waals surface area contributed by atoms with Crippen molar-refractivity contribution in [2.75, 3.05) is 13.7 Å². The smallest absolute Gasteiger partial charge is 0.382 e. The first-order valence-corrected chi connectivity index (χ1v) is 8.97. The Labute approximate surface area is 164 Å². The minimum absolute atomic E-state index is 0.102. The van der Waals surface area contributed by atoms with Crippen LogP contribution < -0.4 is 10.9 Å². The van der Waals surface area contributed by atoms with E-state index in [1.165, 1.54) is 25.3 Å². The van der Waals surface area contributed by atoms with E-state index in [1.54, 1.807) is 0 Å². The van der Waals surface area contributed by atoms with Crippen molar-refractivity contribution in [3.05, 3.63) is 68.6 Å². The summed E-state index contributed by atoms with van der Waals surface area (Å²) >= 11 is 0. The molecule has 3 rings (SSSR count). The van der Waals surface area contributed by atoms with Gasteiger partial charge < -0.3 is 15.0 Å². The summed E-state index contributed by atoms with van der Waals surface area (Å²) in [6, 6.07) is 4.85. The third-order valence-electron chi connectivity index (χ3n) is 4.75. The van der Waals surface area contributed by atoms with Gasteiger partial charge in [0.2, 0.25) is 0 Å². The number of hydrogen-bond acceptors (Lipinski definition) is 4. The quantitative estimate of drug-likeness (QED) is 0.796. The summed E-state index contributed by atoms with van der Waals surface area (Å²) in [6.45, 7) is -0.102. The summed E-state index contributed by atoms with van der Waals surface area (Å²) < 4.78 is 44.0. The van der Waals surface area contributed by atoms with Crippen molar-refractivity contribution in [2.45, 2.75) is 31.5 Å². The average Bonchev–Trinajstić information content (AvgIpc) is 2.67. The fourth-order valence-electron chi connectivity index (χ4n) is 3.30. The Morgan fingerprint density at radius 2 is 2.00 bits per heavy atom. The predicted octanol–water partition coefficient (Wildman–Crippen LogP) is 3.03. The lowest BCUT2D eigenvalue weighted by Gasteiger charge is -2.20. The number of ketones is 1. The largest absolute Gasteiger partial charge is 0.416 e. The van der Waals surface area contributed by atoms with Gasteiger partial charge in [-0.1, -0.05) is 12.1 Å². The lowest BCUT2D eigenvalue weighted by Crippen LogP contribution is -2.36. The summed E-state index contributed by atoms with van der Waals surface area (Å²) in [7, 11) is 1.34. The lowest BCUT2D eigenvalue weighted by atomic mass is 9.93. The zero-order valence-corrected chi connectivity index (χ0v) is 15.6. The van der Waals surface area contributed by atoms with Crippen LogP contribution in [0.1, 0.15) is 56.4 Å². The molecule has 0 fully saturated rings. The molecule has 2 N–H and O–H groups in total. The lowest BCUT2D eigenvalue weighted by molar-refractivity contribution is -0.137. The molecule has 1 aromatic carbocycles. The van der Waals surface area contributed by atoms with Crippen molar-refractivity contribution < 1.29 is 27.5 Å². The number of alkyl halides is 3. The van der Waals surface area contributed by atoms with Gasteiger partial charge in [-0.25, -0.2) is 0 Å². The van der Waals surface area contributed by atoms with E-state index in [0.29, 0.717) is 30.5 Å². The highest BCUT2D eigenvalue weighted by atomic mass is 19.4. The van der Waals surface area contributed by atoms with Gasteiger partial charge in [0.25, 0.3) is 11.5 Å². The number of ether oxygens (including phenoxy) is 1. The molecule has 0 spiro atoms. The van der Waals surface area contributed by atoms with E-state index in [4.69, 9.17) is 4.74 Å². The highest BCUT2D eigenvalue weighted by molar-refractivity contribution is 6.01. The maximum Gasteiger partial charge on any atom is 0.416 e. The number of amides is 1. The maximum absolute atomic E-state index is 13.0. The van der Waals surface area contributed by atoms with Gasteiger partial charge in [0.05, 0.1) is 18.2 Å². The number of aromatic nitrogens is 1. The van der Waals surface area contributed by atoms with Crippen LogP contribution in [0.15, 0.2) is 35.1 Å². The van der Waals surface area contributed by atoms with Crippen LogP contribution in [0.25, 0.3) is 0 Å². The number of carbonyl (C=O) groups excluding carboxylic acids is 2. The van der Waals surface area contributed by atoms with Crippen LogP contribution in [0.3, 0.4) is 0 Å². The van der Waals surface area contributed by atoms with E-state index < -0.39 is 29.2 Å². The second-order valence-corrected chi connectivity index (χ2v) is 6.79. The Hall–Kier alpha value is -2.94. The zero-order valence-electron chi connectivity index (χ0n) is 15.6. The van der Waals surface area contributed by atoms with Crippen molar-refractivity contribution in [3.8, 4) is 0 Å². The first-order valence-electron chi connectivity index (χ1n) is 8.97. The molecule has 6 nitrogen and oxygen atoms in total. The van der Waals surface area contributed by atoms with E-state index in [1.807, 2.05) is 0 Å². The van der Waals surface area contributed by atoms with E-state index in [0.717, 1.165) is 12.1 Å². The third kappa shape index (κ3) is 4.56. The molecule has 2 aromatic rings. The Bertz CT molecular complexity index is 998. The third-order valence-corrected chi connectivity index (χ3v) is 4.75. The van der Waals surface area contributed by atoms with Crippen LogP contribution in [0.4, 0.5) is 13.2 Å². The molecule has 1 aromatic heterocycles. The van der Waals surface area contributed by atoms with Gasteiger partial charge in [-0.05, 0) is 36.6 Å². The second kappa shape index (κ2) is 8.20. The normalized spacial score (nSPS) is 15.0. The Morgan fingerprint density at radius 3 is 2.69 bits per heavy atom. The summed E-state index contributed by atoms with van der Waals surface area (Å²) in [6.07, 6.45) is -3.04. The highest BCUT2D eigenvalue weighted by Crippen LogP contribution is 2.31. The minimum atomic E-state index is -4.53. The molecule has 1 unspecified atom stereocenters. The summed E-state index contributed by atoms with van der Waals surface area (Å²) in [5, 5.41) is 2.53. The number of halogens is 3. The van der Waals surface area contributed by atoms with Crippen LogP contribution in [-0.2, 0) is 17.3 Å². The van der Waals surface area contributed by atoms with Crippen LogP contribution in [-0.4, -0.2) is 30.4 Å². The zero-order chi connectivity index (χ0) is 21.2. The number of carbonyl (C=O) groups is 2. The second-order valence-electron chi connectivity index (χ2n) is 6.79. The molecule has 1 atom stereocenters. The molecule has 1 aliphatic rings. The standard InChI is InChI=1S/C20H19F3N2O4/c1-29-10-16(11-4-2-5-12(8-11)20(21,22)23)25-19(28)14-9-13-15(24-18(14)27)6-3-7-17(13)26/h2,4-5,8-9,16H,3,6-7,10H2,1H3,(H,24,27)(H,25,28). The molecule has 1 heterocycles. The van der Waals surface area contributed by atoms with Crippen LogP contribution in [0.2, 0.25) is 0 Å². The number of Topliss-reactive ketones (excluding diaryl/α,β-unsaturated/α-hetero) is 1. The molecule has 0 aliphatic heterocycles. The van der Waals surface area contributed by atoms with Gasteiger partial charge in [0.1, 0.15) is 5.56 Å². The number of aryl methyl sites for hydroxylation is 1. The van der Waals surface area contributed by atoms with Crippen molar-refractivity contribution >= 4 is 11.7 Å². The number of aromatic amines is 1. The number of pyridine rings is 1. The van der Waals surface area contributed by atoms with E-state index in [2.05, 4.69) is 10.3 Å². The molecule has 0 radical (unpaired) electrons.